The maximum Gasteiger partial charge on any atom is 0.338 e. The van der Waals surface area contributed by atoms with Crippen LogP contribution in [0.15, 0.2) is 41.0 Å². The van der Waals surface area contributed by atoms with E-state index in [0.717, 1.165) is 31.2 Å². The van der Waals surface area contributed by atoms with Gasteiger partial charge in [0.1, 0.15) is 0 Å². The van der Waals surface area contributed by atoms with Crippen molar-refractivity contribution < 1.29 is 23.5 Å². The number of furan rings is 1. The molecule has 0 spiro atoms. The van der Waals surface area contributed by atoms with Crippen LogP contribution in [0.4, 0.5) is 5.69 Å². The Hall–Kier alpha value is -3.09. The summed E-state index contributed by atoms with van der Waals surface area (Å²) in [5.74, 6) is -1.15. The SMILES string of the molecule is Cc1ccc(C(=O)O[C@@H](C)C(=O)NC2CCCCC2)cc1NC(=O)c1ccco1. The van der Waals surface area contributed by atoms with Crippen molar-refractivity contribution in [1.29, 1.82) is 0 Å². The van der Waals surface area contributed by atoms with Gasteiger partial charge in [-0.25, -0.2) is 4.79 Å². The van der Waals surface area contributed by atoms with Gasteiger partial charge >= 0.3 is 5.97 Å². The van der Waals surface area contributed by atoms with Gasteiger partial charge in [-0.1, -0.05) is 25.3 Å². The van der Waals surface area contributed by atoms with Gasteiger partial charge in [0, 0.05) is 11.7 Å². The van der Waals surface area contributed by atoms with Crippen LogP contribution in [0.25, 0.3) is 0 Å². The molecule has 1 aromatic heterocycles. The summed E-state index contributed by atoms with van der Waals surface area (Å²) >= 11 is 0. The Balaban J connectivity index is 1.61. The number of carbonyl (C=O) groups is 3. The van der Waals surface area contributed by atoms with Crippen molar-refractivity contribution in [2.24, 2.45) is 0 Å². The van der Waals surface area contributed by atoms with Crippen LogP contribution in [0, 0.1) is 6.92 Å². The maximum absolute atomic E-state index is 12.5. The molecule has 1 aliphatic carbocycles. The monoisotopic (exact) mass is 398 g/mol. The van der Waals surface area contributed by atoms with E-state index in [4.69, 9.17) is 9.15 Å². The largest absolute Gasteiger partial charge is 0.459 e. The van der Waals surface area contributed by atoms with Crippen LogP contribution < -0.4 is 10.6 Å². The van der Waals surface area contributed by atoms with Crippen molar-refractivity contribution in [3.63, 3.8) is 0 Å². The molecule has 3 rings (SSSR count). The molecule has 154 valence electrons. The molecular weight excluding hydrogens is 372 g/mol. The molecule has 1 atom stereocenters. The highest BCUT2D eigenvalue weighted by atomic mass is 16.5. The lowest BCUT2D eigenvalue weighted by Crippen LogP contribution is -2.42. The van der Waals surface area contributed by atoms with Crippen LogP contribution in [0.1, 0.15) is 65.5 Å². The molecular formula is C22H26N2O5. The fourth-order valence-corrected chi connectivity index (χ4v) is 3.32. The molecule has 0 aliphatic heterocycles. The lowest BCUT2D eigenvalue weighted by Gasteiger charge is -2.24. The van der Waals surface area contributed by atoms with Crippen molar-refractivity contribution in [1.82, 2.24) is 5.32 Å². The van der Waals surface area contributed by atoms with Gasteiger partial charge in [0.2, 0.25) is 0 Å². The van der Waals surface area contributed by atoms with E-state index < -0.39 is 18.0 Å². The molecule has 0 radical (unpaired) electrons. The lowest BCUT2D eigenvalue weighted by molar-refractivity contribution is -0.130. The third kappa shape index (κ3) is 5.47. The molecule has 2 amide bonds. The van der Waals surface area contributed by atoms with Gasteiger partial charge in [-0.2, -0.15) is 0 Å². The molecule has 1 fully saturated rings. The number of carbonyl (C=O) groups excluding carboxylic acids is 3. The minimum atomic E-state index is -0.896. The normalized spacial score (nSPS) is 15.4. The van der Waals surface area contributed by atoms with E-state index in [0.29, 0.717) is 5.69 Å². The number of benzene rings is 1. The Labute approximate surface area is 169 Å². The summed E-state index contributed by atoms with van der Waals surface area (Å²) in [7, 11) is 0. The van der Waals surface area contributed by atoms with Crippen LogP contribution in [-0.4, -0.2) is 29.9 Å². The number of ether oxygens (including phenoxy) is 1. The molecule has 7 nitrogen and oxygen atoms in total. The van der Waals surface area contributed by atoms with E-state index in [9.17, 15) is 14.4 Å². The lowest BCUT2D eigenvalue weighted by atomic mass is 9.95. The number of amides is 2. The first-order chi connectivity index (χ1) is 13.9. The van der Waals surface area contributed by atoms with Crippen molar-refractivity contribution in [2.45, 2.75) is 58.1 Å². The van der Waals surface area contributed by atoms with E-state index >= 15 is 0 Å². The quantitative estimate of drug-likeness (QED) is 0.721. The van der Waals surface area contributed by atoms with Gasteiger partial charge < -0.3 is 19.8 Å². The summed E-state index contributed by atoms with van der Waals surface area (Å²) in [4.78, 5) is 37.0. The highest BCUT2D eigenvalue weighted by Crippen LogP contribution is 2.20. The van der Waals surface area contributed by atoms with Crippen molar-refractivity contribution in [2.75, 3.05) is 5.32 Å². The second-order valence-electron chi connectivity index (χ2n) is 7.35. The topological polar surface area (TPSA) is 97.6 Å². The molecule has 0 saturated heterocycles. The zero-order valence-corrected chi connectivity index (χ0v) is 16.7. The smallest absolute Gasteiger partial charge is 0.338 e. The average Bonchev–Trinajstić information content (AvgIpc) is 3.25. The first kappa shape index (κ1) is 20.6. The van der Waals surface area contributed by atoms with E-state index in [-0.39, 0.29) is 23.3 Å². The second kappa shape index (κ2) is 9.41. The van der Waals surface area contributed by atoms with Crippen molar-refractivity contribution in [3.05, 3.63) is 53.5 Å². The molecule has 1 aliphatic rings. The van der Waals surface area contributed by atoms with Gasteiger partial charge in [0.25, 0.3) is 11.8 Å². The minimum Gasteiger partial charge on any atom is -0.459 e. The summed E-state index contributed by atoms with van der Waals surface area (Å²) in [6.45, 7) is 3.37. The number of rotatable bonds is 6. The number of hydrogen-bond donors (Lipinski definition) is 2. The number of anilines is 1. The standard InChI is InChI=1S/C22H26N2O5/c1-14-10-11-16(13-18(14)24-21(26)19-9-6-12-28-19)22(27)29-15(2)20(25)23-17-7-4-3-5-8-17/h6,9-13,15,17H,3-5,7-8H2,1-2H3,(H,23,25)(H,24,26)/t15-/m0/s1. The number of hydrogen-bond acceptors (Lipinski definition) is 5. The van der Waals surface area contributed by atoms with Crippen LogP contribution >= 0.6 is 0 Å². The predicted molar refractivity (Wildman–Crippen MR) is 108 cm³/mol. The van der Waals surface area contributed by atoms with Gasteiger partial charge in [0.15, 0.2) is 11.9 Å². The van der Waals surface area contributed by atoms with Gasteiger partial charge in [-0.15, -0.1) is 0 Å². The van der Waals surface area contributed by atoms with E-state index in [1.165, 1.54) is 18.8 Å². The number of aryl methyl sites for hydroxylation is 1. The molecule has 1 heterocycles. The van der Waals surface area contributed by atoms with Crippen molar-refractivity contribution in [3.8, 4) is 0 Å². The van der Waals surface area contributed by atoms with Crippen molar-refractivity contribution >= 4 is 23.5 Å². The van der Waals surface area contributed by atoms with Crippen LogP contribution in [0.3, 0.4) is 0 Å². The first-order valence-electron chi connectivity index (χ1n) is 9.91. The summed E-state index contributed by atoms with van der Waals surface area (Å²) in [5, 5.41) is 5.67. The van der Waals surface area contributed by atoms with E-state index in [2.05, 4.69) is 10.6 Å². The maximum atomic E-state index is 12.5. The molecule has 1 aromatic carbocycles. The zero-order valence-electron chi connectivity index (χ0n) is 16.7. The third-order valence-corrected chi connectivity index (χ3v) is 5.07. The second-order valence-corrected chi connectivity index (χ2v) is 7.35. The Morgan fingerprint density at radius 3 is 2.59 bits per heavy atom. The number of nitrogens with one attached hydrogen (secondary N) is 2. The highest BCUT2D eigenvalue weighted by molar-refractivity contribution is 6.03. The Morgan fingerprint density at radius 2 is 1.90 bits per heavy atom. The average molecular weight is 398 g/mol. The van der Waals surface area contributed by atoms with E-state index in [1.54, 1.807) is 31.2 Å². The summed E-state index contributed by atoms with van der Waals surface area (Å²) < 4.78 is 10.4. The summed E-state index contributed by atoms with van der Waals surface area (Å²) in [6.07, 6.45) is 5.85. The van der Waals surface area contributed by atoms with Crippen LogP contribution in [0.5, 0.6) is 0 Å². The van der Waals surface area contributed by atoms with E-state index in [1.807, 2.05) is 6.92 Å². The Bertz CT molecular complexity index is 869. The molecule has 2 aromatic rings. The minimum absolute atomic E-state index is 0.153. The third-order valence-electron chi connectivity index (χ3n) is 5.07. The molecule has 2 N–H and O–H groups in total. The predicted octanol–water partition coefficient (Wildman–Crippen LogP) is 3.83. The van der Waals surface area contributed by atoms with Gasteiger partial charge in [0.05, 0.1) is 11.8 Å². The fourth-order valence-electron chi connectivity index (χ4n) is 3.32. The molecule has 1 saturated carbocycles. The molecule has 0 unspecified atom stereocenters. The molecule has 0 bridgehead atoms. The highest BCUT2D eigenvalue weighted by Gasteiger charge is 2.23. The van der Waals surface area contributed by atoms with Gasteiger partial charge in [-0.3, -0.25) is 9.59 Å². The first-order valence-corrected chi connectivity index (χ1v) is 9.91. The Kier molecular flexibility index (Phi) is 6.69. The fraction of sp³-hybridized carbons (Fsp3) is 0.409. The van der Waals surface area contributed by atoms with Crippen LogP contribution in [-0.2, 0) is 9.53 Å². The van der Waals surface area contributed by atoms with Crippen LogP contribution in [0.2, 0.25) is 0 Å². The number of esters is 1. The summed E-state index contributed by atoms with van der Waals surface area (Å²) in [5.41, 5.74) is 1.51. The van der Waals surface area contributed by atoms with Gasteiger partial charge in [-0.05, 0) is 56.5 Å². The molecule has 29 heavy (non-hydrogen) atoms. The summed E-state index contributed by atoms with van der Waals surface area (Å²) in [6, 6.07) is 8.17. The Morgan fingerprint density at radius 1 is 1.14 bits per heavy atom. The zero-order chi connectivity index (χ0) is 20.8. The molecule has 7 heteroatoms.